The van der Waals surface area contributed by atoms with Crippen LogP contribution in [0.1, 0.15) is 39.0 Å². The summed E-state index contributed by atoms with van der Waals surface area (Å²) < 4.78 is 5.30. The maximum atomic E-state index is 12.1. The summed E-state index contributed by atoms with van der Waals surface area (Å²) in [5.74, 6) is 0.0835. The molecule has 1 amide bonds. The van der Waals surface area contributed by atoms with Gasteiger partial charge in [0.05, 0.1) is 31.3 Å². The van der Waals surface area contributed by atoms with Crippen LogP contribution in [0.4, 0.5) is 0 Å². The van der Waals surface area contributed by atoms with Crippen LogP contribution in [0.15, 0.2) is 0 Å². The predicted octanol–water partition coefficient (Wildman–Crippen LogP) is 0.929. The van der Waals surface area contributed by atoms with Crippen molar-refractivity contribution in [1.82, 2.24) is 4.90 Å². The van der Waals surface area contributed by atoms with Crippen LogP contribution < -0.4 is 0 Å². The van der Waals surface area contributed by atoms with Gasteiger partial charge in [-0.05, 0) is 19.8 Å². The third-order valence-electron chi connectivity index (χ3n) is 3.70. The van der Waals surface area contributed by atoms with Crippen molar-refractivity contribution in [2.24, 2.45) is 0 Å². The molecule has 4 nitrogen and oxygen atoms in total. The third-order valence-corrected chi connectivity index (χ3v) is 3.70. The number of hydrogen-bond acceptors (Lipinski definition) is 3. The molecule has 2 rings (SSSR count). The molecule has 1 aliphatic carbocycles. The predicted molar refractivity (Wildman–Crippen MR) is 60.0 cm³/mol. The van der Waals surface area contributed by atoms with Crippen molar-refractivity contribution in [1.29, 1.82) is 0 Å². The smallest absolute Gasteiger partial charge is 0.225 e. The Morgan fingerprint density at radius 3 is 2.81 bits per heavy atom. The number of rotatable bonds is 2. The van der Waals surface area contributed by atoms with Gasteiger partial charge in [0, 0.05) is 6.54 Å². The van der Waals surface area contributed by atoms with E-state index in [9.17, 15) is 9.90 Å². The summed E-state index contributed by atoms with van der Waals surface area (Å²) in [7, 11) is 0. The monoisotopic (exact) mass is 227 g/mol. The molecule has 0 aromatic rings. The van der Waals surface area contributed by atoms with Crippen molar-refractivity contribution in [2.75, 3.05) is 19.8 Å². The van der Waals surface area contributed by atoms with E-state index in [0.717, 1.165) is 25.7 Å². The molecule has 1 saturated carbocycles. The number of nitrogens with zero attached hydrogens (tertiary/aromatic N) is 1. The van der Waals surface area contributed by atoms with E-state index >= 15 is 0 Å². The molecule has 0 aromatic carbocycles. The zero-order chi connectivity index (χ0) is 11.6. The van der Waals surface area contributed by atoms with Crippen LogP contribution in [-0.2, 0) is 9.53 Å². The molecule has 0 aromatic heterocycles. The fourth-order valence-corrected chi connectivity index (χ4v) is 2.69. The Hall–Kier alpha value is -0.610. The fraction of sp³-hybridized carbons (Fsp3) is 0.917. The highest BCUT2D eigenvalue weighted by molar-refractivity contribution is 5.77. The van der Waals surface area contributed by atoms with E-state index in [4.69, 9.17) is 4.74 Å². The molecular weight excluding hydrogens is 206 g/mol. The highest BCUT2D eigenvalue weighted by Crippen LogP contribution is 2.33. The van der Waals surface area contributed by atoms with Gasteiger partial charge >= 0.3 is 0 Å². The first-order valence-electron chi connectivity index (χ1n) is 6.20. The lowest BCUT2D eigenvalue weighted by Gasteiger charge is -2.35. The lowest BCUT2D eigenvalue weighted by molar-refractivity contribution is -0.144. The van der Waals surface area contributed by atoms with Crippen LogP contribution in [0.3, 0.4) is 0 Å². The average molecular weight is 227 g/mol. The average Bonchev–Trinajstić information content (AvgIpc) is 2.65. The second kappa shape index (κ2) is 4.72. The molecular formula is C12H21NO3. The minimum absolute atomic E-state index is 0.0835. The molecule has 1 atom stereocenters. The van der Waals surface area contributed by atoms with Gasteiger partial charge < -0.3 is 14.7 Å². The molecule has 1 saturated heterocycles. The Kier molecular flexibility index (Phi) is 3.50. The molecule has 2 fully saturated rings. The summed E-state index contributed by atoms with van der Waals surface area (Å²) in [6, 6.07) is 0.145. The van der Waals surface area contributed by atoms with Crippen LogP contribution in [-0.4, -0.2) is 47.3 Å². The van der Waals surface area contributed by atoms with Crippen molar-refractivity contribution >= 4 is 5.91 Å². The van der Waals surface area contributed by atoms with Gasteiger partial charge in [-0.2, -0.15) is 0 Å². The number of aliphatic hydroxyl groups is 1. The van der Waals surface area contributed by atoms with Crippen molar-refractivity contribution in [3.63, 3.8) is 0 Å². The zero-order valence-corrected chi connectivity index (χ0v) is 9.95. The van der Waals surface area contributed by atoms with E-state index in [1.807, 2.05) is 11.8 Å². The molecule has 16 heavy (non-hydrogen) atoms. The van der Waals surface area contributed by atoms with Crippen LogP contribution in [0.25, 0.3) is 0 Å². The second-order valence-electron chi connectivity index (χ2n) is 5.12. The van der Waals surface area contributed by atoms with Gasteiger partial charge in [-0.25, -0.2) is 0 Å². The molecule has 1 aliphatic heterocycles. The van der Waals surface area contributed by atoms with Gasteiger partial charge in [0.25, 0.3) is 0 Å². The van der Waals surface area contributed by atoms with E-state index in [0.29, 0.717) is 19.8 Å². The van der Waals surface area contributed by atoms with Crippen LogP contribution in [0.5, 0.6) is 0 Å². The van der Waals surface area contributed by atoms with Crippen LogP contribution >= 0.6 is 0 Å². The molecule has 92 valence electrons. The largest absolute Gasteiger partial charge is 0.389 e. The second-order valence-corrected chi connectivity index (χ2v) is 5.12. The van der Waals surface area contributed by atoms with Crippen molar-refractivity contribution in [3.8, 4) is 0 Å². The minimum atomic E-state index is -0.727. The molecule has 0 radical (unpaired) electrons. The van der Waals surface area contributed by atoms with Gasteiger partial charge in [0.1, 0.15) is 0 Å². The number of hydrogen-bond donors (Lipinski definition) is 1. The Labute approximate surface area is 96.6 Å². The topological polar surface area (TPSA) is 49.8 Å². The van der Waals surface area contributed by atoms with Gasteiger partial charge in [-0.1, -0.05) is 12.8 Å². The van der Waals surface area contributed by atoms with Crippen molar-refractivity contribution in [3.05, 3.63) is 0 Å². The van der Waals surface area contributed by atoms with Gasteiger partial charge in [-0.3, -0.25) is 4.79 Å². The molecule has 4 heteroatoms. The number of amides is 1. The molecule has 0 spiro atoms. The number of carbonyl (C=O) groups excluding carboxylic acids is 1. The summed E-state index contributed by atoms with van der Waals surface area (Å²) in [6.07, 6.45) is 3.93. The van der Waals surface area contributed by atoms with E-state index < -0.39 is 5.60 Å². The quantitative estimate of drug-likeness (QED) is 0.763. The minimum Gasteiger partial charge on any atom is -0.389 e. The maximum Gasteiger partial charge on any atom is 0.225 e. The van der Waals surface area contributed by atoms with E-state index in [2.05, 4.69) is 0 Å². The van der Waals surface area contributed by atoms with Crippen molar-refractivity contribution in [2.45, 2.75) is 50.7 Å². The van der Waals surface area contributed by atoms with Gasteiger partial charge in [0.15, 0.2) is 0 Å². The van der Waals surface area contributed by atoms with Crippen LogP contribution in [0, 0.1) is 0 Å². The summed E-state index contributed by atoms with van der Waals surface area (Å²) in [5.41, 5.74) is -0.727. The summed E-state index contributed by atoms with van der Waals surface area (Å²) in [4.78, 5) is 13.9. The Bertz CT molecular complexity index is 261. The Morgan fingerprint density at radius 1 is 1.50 bits per heavy atom. The molecule has 1 heterocycles. The molecule has 1 unspecified atom stereocenters. The SMILES string of the molecule is CC1COCCN1C(=O)CC1(O)CCCC1. The van der Waals surface area contributed by atoms with Crippen LogP contribution in [0.2, 0.25) is 0 Å². The molecule has 0 bridgehead atoms. The third kappa shape index (κ3) is 2.55. The Morgan fingerprint density at radius 2 is 2.19 bits per heavy atom. The van der Waals surface area contributed by atoms with E-state index in [1.54, 1.807) is 0 Å². The highest BCUT2D eigenvalue weighted by atomic mass is 16.5. The lowest BCUT2D eigenvalue weighted by atomic mass is 9.97. The summed E-state index contributed by atoms with van der Waals surface area (Å²) in [5, 5.41) is 10.2. The first-order chi connectivity index (χ1) is 7.61. The van der Waals surface area contributed by atoms with Crippen molar-refractivity contribution < 1.29 is 14.6 Å². The number of morpholine rings is 1. The van der Waals surface area contributed by atoms with Gasteiger partial charge in [-0.15, -0.1) is 0 Å². The molecule has 2 aliphatic rings. The number of ether oxygens (including phenoxy) is 1. The first kappa shape index (κ1) is 11.9. The fourth-order valence-electron chi connectivity index (χ4n) is 2.69. The standard InChI is InChI=1S/C12H21NO3/c1-10-9-16-7-6-13(10)11(14)8-12(15)4-2-3-5-12/h10,15H,2-9H2,1H3. The lowest BCUT2D eigenvalue weighted by Crippen LogP contribution is -2.49. The molecule has 1 N–H and O–H groups in total. The zero-order valence-electron chi connectivity index (χ0n) is 9.95. The Balaban J connectivity index is 1.91. The summed E-state index contributed by atoms with van der Waals surface area (Å²) in [6.45, 7) is 3.89. The number of carbonyl (C=O) groups is 1. The van der Waals surface area contributed by atoms with E-state index in [-0.39, 0.29) is 18.4 Å². The maximum absolute atomic E-state index is 12.1. The normalized spacial score (nSPS) is 29.4. The summed E-state index contributed by atoms with van der Waals surface area (Å²) >= 11 is 0. The first-order valence-corrected chi connectivity index (χ1v) is 6.20. The van der Waals surface area contributed by atoms with E-state index in [1.165, 1.54) is 0 Å². The highest BCUT2D eigenvalue weighted by Gasteiger charge is 2.36. The van der Waals surface area contributed by atoms with Gasteiger partial charge in [0.2, 0.25) is 5.91 Å².